The van der Waals surface area contributed by atoms with Crippen molar-refractivity contribution in [2.24, 2.45) is 4.99 Å². The summed E-state index contributed by atoms with van der Waals surface area (Å²) in [5.41, 5.74) is 0.294. The molecule has 0 saturated carbocycles. The Bertz CT molecular complexity index is 657. The van der Waals surface area contributed by atoms with E-state index in [1.165, 1.54) is 6.07 Å². The largest absolute Gasteiger partial charge is 0.379 e. The van der Waals surface area contributed by atoms with Crippen molar-refractivity contribution in [2.75, 3.05) is 45.4 Å². The van der Waals surface area contributed by atoms with Crippen LogP contribution in [0.3, 0.4) is 0 Å². The Labute approximate surface area is 164 Å². The lowest BCUT2D eigenvalue weighted by Crippen LogP contribution is -2.40. The molecule has 0 radical (unpaired) electrons. The number of hydrogen-bond acceptors (Lipinski definition) is 4. The monoisotopic (exact) mass is 491 g/mol. The second-order valence-corrected chi connectivity index (χ2v) is 7.41. The van der Waals surface area contributed by atoms with Crippen molar-refractivity contribution >= 4 is 39.8 Å². The molecule has 144 valence electrons. The fourth-order valence-corrected chi connectivity index (χ4v) is 2.25. The summed E-state index contributed by atoms with van der Waals surface area (Å²) in [5.74, 6) is -0.432. The number of nitrogens with one attached hydrogen (secondary N) is 2. The predicted molar refractivity (Wildman–Crippen MR) is 105 cm³/mol. The summed E-state index contributed by atoms with van der Waals surface area (Å²) in [5, 5.41) is 5.95. The topological polar surface area (TPSA) is 79.8 Å². The molecule has 6 nitrogen and oxygen atoms in total. The summed E-state index contributed by atoms with van der Waals surface area (Å²) in [7, 11) is -1.43. The van der Waals surface area contributed by atoms with Crippen molar-refractivity contribution in [3.05, 3.63) is 35.4 Å². The molecule has 1 aromatic rings. The summed E-state index contributed by atoms with van der Waals surface area (Å²) >= 11 is 0. The van der Waals surface area contributed by atoms with Gasteiger partial charge >= 0.3 is 0 Å². The van der Waals surface area contributed by atoms with Crippen LogP contribution in [-0.2, 0) is 21.0 Å². The number of nitrogens with zero attached hydrogens (tertiary/aromatic N) is 1. The Morgan fingerprint density at radius 2 is 1.88 bits per heavy atom. The lowest BCUT2D eigenvalue weighted by molar-refractivity contribution is 0.154. The van der Waals surface area contributed by atoms with Crippen LogP contribution in [-0.4, -0.2) is 59.7 Å². The van der Waals surface area contributed by atoms with Gasteiger partial charge in [0, 0.05) is 26.4 Å². The summed E-state index contributed by atoms with van der Waals surface area (Å²) in [4.78, 5) is 3.99. The van der Waals surface area contributed by atoms with Crippen molar-refractivity contribution < 1.29 is 21.9 Å². The quantitative estimate of drug-likeness (QED) is 0.236. The number of rotatable bonds is 9. The molecule has 0 heterocycles. The second kappa shape index (κ2) is 12.4. The van der Waals surface area contributed by atoms with E-state index in [9.17, 15) is 17.2 Å². The Kier molecular flexibility index (Phi) is 11.9. The molecule has 0 fully saturated rings. The van der Waals surface area contributed by atoms with E-state index in [1.807, 2.05) is 0 Å². The van der Waals surface area contributed by atoms with E-state index in [0.29, 0.717) is 37.6 Å². The molecule has 0 atom stereocenters. The van der Waals surface area contributed by atoms with Gasteiger partial charge in [-0.2, -0.15) is 0 Å². The molecule has 0 spiro atoms. The summed E-state index contributed by atoms with van der Waals surface area (Å²) in [6, 6.07) is 3.35. The number of hydrogen-bond donors (Lipinski definition) is 2. The van der Waals surface area contributed by atoms with Crippen LogP contribution in [0, 0.1) is 11.6 Å². The highest BCUT2D eigenvalue weighted by Gasteiger charge is 2.05. The minimum atomic E-state index is -3.02. The predicted octanol–water partition coefficient (Wildman–Crippen LogP) is 1.35. The van der Waals surface area contributed by atoms with Crippen LogP contribution >= 0.6 is 24.0 Å². The molecule has 0 aliphatic heterocycles. The van der Waals surface area contributed by atoms with Crippen LogP contribution in [0.4, 0.5) is 8.78 Å². The molecule has 0 saturated heterocycles. The Morgan fingerprint density at radius 3 is 2.52 bits per heavy atom. The average molecular weight is 491 g/mol. The van der Waals surface area contributed by atoms with Gasteiger partial charge in [-0.3, -0.25) is 4.99 Å². The molecule has 25 heavy (non-hydrogen) atoms. The van der Waals surface area contributed by atoms with Gasteiger partial charge < -0.3 is 15.4 Å². The SMILES string of the molecule is CN=C(NCCOCCS(C)(=O)=O)NCCc1cc(F)ccc1F.I. The van der Waals surface area contributed by atoms with Gasteiger partial charge in [0.2, 0.25) is 0 Å². The molecule has 0 bridgehead atoms. The molecule has 10 heteroatoms. The molecule has 0 aliphatic carbocycles. The third-order valence-corrected chi connectivity index (χ3v) is 3.96. The highest BCUT2D eigenvalue weighted by atomic mass is 127. The number of ether oxygens (including phenoxy) is 1. The van der Waals surface area contributed by atoms with Gasteiger partial charge in [-0.1, -0.05) is 0 Å². The van der Waals surface area contributed by atoms with E-state index in [4.69, 9.17) is 4.74 Å². The molecule has 0 aliphatic rings. The zero-order chi connectivity index (χ0) is 18.0. The maximum absolute atomic E-state index is 13.5. The molecule has 0 amide bonds. The number of aliphatic imine (C=N–C) groups is 1. The van der Waals surface area contributed by atoms with Crippen molar-refractivity contribution in [3.63, 3.8) is 0 Å². The zero-order valence-electron chi connectivity index (χ0n) is 14.2. The van der Waals surface area contributed by atoms with Gasteiger partial charge in [0.15, 0.2) is 5.96 Å². The highest BCUT2D eigenvalue weighted by molar-refractivity contribution is 14.0. The number of halogens is 3. The third-order valence-electron chi connectivity index (χ3n) is 3.06. The summed E-state index contributed by atoms with van der Waals surface area (Å²) in [6.45, 7) is 1.30. The minimum absolute atomic E-state index is 0. The third kappa shape index (κ3) is 11.3. The fourth-order valence-electron chi connectivity index (χ4n) is 1.83. The first-order valence-electron chi connectivity index (χ1n) is 7.46. The van der Waals surface area contributed by atoms with Crippen LogP contribution in [0.5, 0.6) is 0 Å². The number of benzene rings is 1. The standard InChI is InChI=1S/C15H23F2N3O3S.HI/c1-18-15(20-7-8-23-9-10-24(2,21)22)19-6-5-12-11-13(16)3-4-14(12)17;/h3-4,11H,5-10H2,1-2H3,(H2,18,19,20);1H. The maximum Gasteiger partial charge on any atom is 0.191 e. The molecular weight excluding hydrogens is 467 g/mol. The molecular formula is C15H24F2IN3O3S. The molecule has 0 unspecified atom stereocenters. The Balaban J connectivity index is 0.00000576. The zero-order valence-corrected chi connectivity index (χ0v) is 17.4. The summed E-state index contributed by atoms with van der Waals surface area (Å²) in [6.07, 6.45) is 1.47. The van der Waals surface area contributed by atoms with Crippen molar-refractivity contribution in [2.45, 2.75) is 6.42 Å². The molecule has 0 aromatic heterocycles. The van der Waals surface area contributed by atoms with Crippen molar-refractivity contribution in [3.8, 4) is 0 Å². The molecule has 1 aromatic carbocycles. The van der Waals surface area contributed by atoms with Gasteiger partial charge in [0.05, 0.1) is 19.0 Å². The number of guanidine groups is 1. The van der Waals surface area contributed by atoms with E-state index < -0.39 is 21.5 Å². The Morgan fingerprint density at radius 1 is 1.20 bits per heavy atom. The molecule has 1 rings (SSSR count). The van der Waals surface area contributed by atoms with Crippen molar-refractivity contribution in [1.82, 2.24) is 10.6 Å². The smallest absolute Gasteiger partial charge is 0.191 e. The van der Waals surface area contributed by atoms with Gasteiger partial charge in [0.1, 0.15) is 21.5 Å². The second-order valence-electron chi connectivity index (χ2n) is 5.15. The first kappa shape index (κ1) is 24.0. The maximum atomic E-state index is 13.5. The van der Waals surface area contributed by atoms with Gasteiger partial charge in [-0.15, -0.1) is 24.0 Å². The average Bonchev–Trinajstić information content (AvgIpc) is 2.51. The van der Waals surface area contributed by atoms with E-state index >= 15 is 0 Å². The van der Waals surface area contributed by atoms with Gasteiger partial charge in [-0.05, 0) is 30.2 Å². The minimum Gasteiger partial charge on any atom is -0.379 e. The van der Waals surface area contributed by atoms with E-state index in [-0.39, 0.29) is 36.3 Å². The first-order chi connectivity index (χ1) is 11.3. The van der Waals surface area contributed by atoms with Crippen LogP contribution in [0.2, 0.25) is 0 Å². The fraction of sp³-hybridized carbons (Fsp3) is 0.533. The number of sulfone groups is 1. The lowest BCUT2D eigenvalue weighted by atomic mass is 10.1. The summed E-state index contributed by atoms with van der Waals surface area (Å²) < 4.78 is 53.6. The highest BCUT2D eigenvalue weighted by Crippen LogP contribution is 2.09. The van der Waals surface area contributed by atoms with Gasteiger partial charge in [0.25, 0.3) is 0 Å². The van der Waals surface area contributed by atoms with Crippen LogP contribution < -0.4 is 10.6 Å². The van der Waals surface area contributed by atoms with Gasteiger partial charge in [-0.25, -0.2) is 17.2 Å². The van der Waals surface area contributed by atoms with Crippen LogP contribution in [0.15, 0.2) is 23.2 Å². The van der Waals surface area contributed by atoms with Crippen LogP contribution in [0.25, 0.3) is 0 Å². The first-order valence-corrected chi connectivity index (χ1v) is 9.52. The van der Waals surface area contributed by atoms with Crippen molar-refractivity contribution in [1.29, 1.82) is 0 Å². The lowest BCUT2D eigenvalue weighted by Gasteiger charge is -2.12. The van der Waals surface area contributed by atoms with Crippen LogP contribution in [0.1, 0.15) is 5.56 Å². The van der Waals surface area contributed by atoms with E-state index in [0.717, 1.165) is 18.4 Å². The molecule has 2 N–H and O–H groups in total. The van der Waals surface area contributed by atoms with E-state index in [2.05, 4.69) is 15.6 Å². The van der Waals surface area contributed by atoms with E-state index in [1.54, 1.807) is 7.05 Å². The Hall–Kier alpha value is -1.01. The normalized spacial score (nSPS) is 11.8.